The molecule has 0 radical (unpaired) electrons. The molecule has 0 aromatic heterocycles. The third-order valence-electron chi connectivity index (χ3n) is 2.19. The van der Waals surface area contributed by atoms with Gasteiger partial charge in [-0.05, 0) is 37.8 Å². The average molecular weight is 143 g/mol. The van der Waals surface area contributed by atoms with Crippen molar-refractivity contribution in [3.8, 4) is 0 Å². The van der Waals surface area contributed by atoms with Crippen molar-refractivity contribution < 1.29 is 5.11 Å². The number of rotatable bonds is 5. The van der Waals surface area contributed by atoms with E-state index in [2.05, 4.69) is 12.2 Å². The van der Waals surface area contributed by atoms with Gasteiger partial charge in [0.25, 0.3) is 0 Å². The molecule has 2 heteroatoms. The predicted octanol–water partition coefficient (Wildman–Crippen LogP) is 0.614. The van der Waals surface area contributed by atoms with Gasteiger partial charge in [-0.15, -0.1) is 0 Å². The number of aliphatic hydroxyl groups excluding tert-OH is 1. The fourth-order valence-electron chi connectivity index (χ4n) is 1.18. The highest BCUT2D eigenvalue weighted by Crippen LogP contribution is 2.36. The van der Waals surface area contributed by atoms with Crippen molar-refractivity contribution >= 4 is 0 Å². The maximum atomic E-state index is 8.46. The van der Waals surface area contributed by atoms with Crippen molar-refractivity contribution in [3.05, 3.63) is 0 Å². The van der Waals surface area contributed by atoms with E-state index < -0.39 is 0 Å². The normalized spacial score (nSPS) is 30.6. The van der Waals surface area contributed by atoms with Crippen molar-refractivity contribution in [2.75, 3.05) is 19.7 Å². The van der Waals surface area contributed by atoms with Crippen LogP contribution in [0.25, 0.3) is 0 Å². The molecule has 2 N–H and O–H groups in total. The first-order valence-electron chi connectivity index (χ1n) is 4.16. The molecule has 2 atom stereocenters. The molecule has 0 saturated heterocycles. The molecule has 60 valence electrons. The molecule has 0 aromatic rings. The van der Waals surface area contributed by atoms with Crippen LogP contribution in [-0.2, 0) is 0 Å². The number of hydrogen-bond donors (Lipinski definition) is 2. The van der Waals surface area contributed by atoms with Crippen molar-refractivity contribution in [2.45, 2.75) is 19.8 Å². The van der Waals surface area contributed by atoms with Gasteiger partial charge >= 0.3 is 0 Å². The Kier molecular flexibility index (Phi) is 3.16. The summed E-state index contributed by atoms with van der Waals surface area (Å²) in [5.74, 6) is 1.88. The third kappa shape index (κ3) is 2.67. The summed E-state index contributed by atoms with van der Waals surface area (Å²) in [6, 6.07) is 0. The Morgan fingerprint density at radius 3 is 2.80 bits per heavy atom. The van der Waals surface area contributed by atoms with E-state index in [1.54, 1.807) is 0 Å². The highest BCUT2D eigenvalue weighted by Gasteiger charge is 2.31. The molecule has 1 aliphatic carbocycles. The molecule has 1 aliphatic rings. The number of hydrogen-bond acceptors (Lipinski definition) is 2. The van der Waals surface area contributed by atoms with Crippen molar-refractivity contribution in [1.82, 2.24) is 5.32 Å². The van der Waals surface area contributed by atoms with E-state index in [1.165, 1.54) is 6.42 Å². The minimum Gasteiger partial charge on any atom is -0.396 e. The van der Waals surface area contributed by atoms with Gasteiger partial charge in [0.15, 0.2) is 0 Å². The second-order valence-electron chi connectivity index (χ2n) is 3.25. The predicted molar refractivity (Wildman–Crippen MR) is 41.8 cm³/mol. The summed E-state index contributed by atoms with van der Waals surface area (Å²) < 4.78 is 0. The first-order chi connectivity index (χ1) is 4.84. The molecule has 1 fully saturated rings. The fourth-order valence-corrected chi connectivity index (χ4v) is 1.18. The van der Waals surface area contributed by atoms with Crippen molar-refractivity contribution in [3.63, 3.8) is 0 Å². The largest absolute Gasteiger partial charge is 0.396 e. The standard InChI is InChI=1S/C8H17NO/c1-7-5-8(7)6-9-3-2-4-10/h7-10H,2-6H2,1H3. The second-order valence-corrected chi connectivity index (χ2v) is 3.25. The summed E-state index contributed by atoms with van der Waals surface area (Å²) in [4.78, 5) is 0. The Bertz CT molecular complexity index is 95.3. The van der Waals surface area contributed by atoms with Gasteiger partial charge in [-0.25, -0.2) is 0 Å². The minimum absolute atomic E-state index is 0.313. The van der Waals surface area contributed by atoms with Crippen LogP contribution in [0.4, 0.5) is 0 Å². The van der Waals surface area contributed by atoms with Crippen LogP contribution in [0.15, 0.2) is 0 Å². The highest BCUT2D eigenvalue weighted by atomic mass is 16.3. The molecule has 0 heterocycles. The second kappa shape index (κ2) is 3.94. The third-order valence-corrected chi connectivity index (χ3v) is 2.19. The zero-order chi connectivity index (χ0) is 7.40. The lowest BCUT2D eigenvalue weighted by atomic mass is 10.3. The molecular weight excluding hydrogens is 126 g/mol. The first kappa shape index (κ1) is 8.02. The molecule has 0 bridgehead atoms. The summed E-state index contributed by atoms with van der Waals surface area (Å²) in [5, 5.41) is 11.8. The van der Waals surface area contributed by atoms with E-state index in [9.17, 15) is 0 Å². The van der Waals surface area contributed by atoms with Gasteiger partial charge in [-0.1, -0.05) is 6.92 Å². The molecule has 0 aromatic carbocycles. The number of aliphatic hydroxyl groups is 1. The van der Waals surface area contributed by atoms with Crippen molar-refractivity contribution in [1.29, 1.82) is 0 Å². The van der Waals surface area contributed by atoms with Crippen LogP contribution in [0, 0.1) is 11.8 Å². The van der Waals surface area contributed by atoms with E-state index in [1.807, 2.05) is 0 Å². The Morgan fingerprint density at radius 2 is 2.30 bits per heavy atom. The van der Waals surface area contributed by atoms with Crippen LogP contribution in [0.2, 0.25) is 0 Å². The topological polar surface area (TPSA) is 32.3 Å². The fraction of sp³-hybridized carbons (Fsp3) is 1.00. The minimum atomic E-state index is 0.313. The molecule has 1 saturated carbocycles. The number of nitrogens with one attached hydrogen (secondary N) is 1. The van der Waals surface area contributed by atoms with E-state index in [0.717, 1.165) is 31.3 Å². The van der Waals surface area contributed by atoms with Gasteiger partial charge in [-0.2, -0.15) is 0 Å². The SMILES string of the molecule is CC1CC1CNCCCO. The quantitative estimate of drug-likeness (QED) is 0.553. The van der Waals surface area contributed by atoms with E-state index in [-0.39, 0.29) is 0 Å². The van der Waals surface area contributed by atoms with Gasteiger partial charge in [0.1, 0.15) is 0 Å². The molecule has 0 spiro atoms. The smallest absolute Gasteiger partial charge is 0.0443 e. The zero-order valence-corrected chi connectivity index (χ0v) is 6.64. The molecule has 0 aliphatic heterocycles. The zero-order valence-electron chi connectivity index (χ0n) is 6.64. The molecular formula is C8H17NO. The van der Waals surface area contributed by atoms with Gasteiger partial charge < -0.3 is 10.4 Å². The Morgan fingerprint density at radius 1 is 1.60 bits per heavy atom. The highest BCUT2D eigenvalue weighted by molar-refractivity contribution is 4.83. The van der Waals surface area contributed by atoms with Crippen LogP contribution in [0.3, 0.4) is 0 Å². The summed E-state index contributed by atoms with van der Waals surface area (Å²) in [6.45, 7) is 4.73. The van der Waals surface area contributed by atoms with Gasteiger partial charge in [0, 0.05) is 6.61 Å². The molecule has 0 amide bonds. The maximum Gasteiger partial charge on any atom is 0.0443 e. The van der Waals surface area contributed by atoms with Crippen molar-refractivity contribution in [2.24, 2.45) is 11.8 Å². The van der Waals surface area contributed by atoms with Gasteiger partial charge in [0.05, 0.1) is 0 Å². The molecule has 10 heavy (non-hydrogen) atoms. The molecule has 2 unspecified atom stereocenters. The Hall–Kier alpha value is -0.0800. The van der Waals surface area contributed by atoms with Gasteiger partial charge in [-0.3, -0.25) is 0 Å². The maximum absolute atomic E-state index is 8.46. The molecule has 1 rings (SSSR count). The Labute approximate surface area is 62.6 Å². The lowest BCUT2D eigenvalue weighted by molar-refractivity contribution is 0.286. The monoisotopic (exact) mass is 143 g/mol. The summed E-state index contributed by atoms with van der Waals surface area (Å²) in [6.07, 6.45) is 2.28. The summed E-state index contributed by atoms with van der Waals surface area (Å²) in [7, 11) is 0. The Balaban J connectivity index is 1.78. The van der Waals surface area contributed by atoms with Gasteiger partial charge in [0.2, 0.25) is 0 Å². The van der Waals surface area contributed by atoms with Crippen LogP contribution in [-0.4, -0.2) is 24.8 Å². The lowest BCUT2D eigenvalue weighted by Gasteiger charge is -2.00. The van der Waals surface area contributed by atoms with Crippen LogP contribution in [0.5, 0.6) is 0 Å². The van der Waals surface area contributed by atoms with E-state index in [4.69, 9.17) is 5.11 Å². The summed E-state index contributed by atoms with van der Waals surface area (Å²) in [5.41, 5.74) is 0. The van der Waals surface area contributed by atoms with Crippen LogP contribution < -0.4 is 5.32 Å². The van der Waals surface area contributed by atoms with Crippen LogP contribution in [0.1, 0.15) is 19.8 Å². The average Bonchev–Trinajstić information content (AvgIpc) is 2.60. The van der Waals surface area contributed by atoms with E-state index in [0.29, 0.717) is 6.61 Å². The van der Waals surface area contributed by atoms with E-state index >= 15 is 0 Å². The lowest BCUT2D eigenvalue weighted by Crippen LogP contribution is -2.19. The summed E-state index contributed by atoms with van der Waals surface area (Å²) >= 11 is 0. The first-order valence-corrected chi connectivity index (χ1v) is 4.16. The molecule has 2 nitrogen and oxygen atoms in total. The van der Waals surface area contributed by atoms with Crippen LogP contribution >= 0.6 is 0 Å².